The van der Waals surface area contributed by atoms with Gasteiger partial charge < -0.3 is 5.11 Å². The summed E-state index contributed by atoms with van der Waals surface area (Å²) in [4.78, 5) is 11.6. The van der Waals surface area contributed by atoms with Crippen LogP contribution in [0.1, 0.15) is 13.8 Å². The largest absolute Gasteiger partial charge is 0.481 e. The number of carboxylic acid groups (broad SMARTS) is 1. The van der Waals surface area contributed by atoms with E-state index >= 15 is 0 Å². The van der Waals surface area contributed by atoms with Crippen LogP contribution < -0.4 is 0 Å². The highest BCUT2D eigenvalue weighted by Crippen LogP contribution is 2.30. The first kappa shape index (κ1) is 13.3. The van der Waals surface area contributed by atoms with Crippen LogP contribution in [0, 0.1) is 11.2 Å². The van der Waals surface area contributed by atoms with Crippen LogP contribution in [-0.2, 0) is 4.79 Å². The highest BCUT2D eigenvalue weighted by atomic mass is 35.5. The van der Waals surface area contributed by atoms with E-state index in [4.69, 9.17) is 16.7 Å². The molecule has 1 rings (SSSR count). The minimum atomic E-state index is -0.854. The van der Waals surface area contributed by atoms with Gasteiger partial charge in [-0.2, -0.15) is 0 Å². The van der Waals surface area contributed by atoms with Crippen molar-refractivity contribution < 1.29 is 14.3 Å². The maximum Gasteiger partial charge on any atom is 0.309 e. The van der Waals surface area contributed by atoms with Gasteiger partial charge in [0.15, 0.2) is 0 Å². The summed E-state index contributed by atoms with van der Waals surface area (Å²) >= 11 is 6.97. The van der Waals surface area contributed by atoms with Crippen LogP contribution in [0.5, 0.6) is 0 Å². The van der Waals surface area contributed by atoms with Gasteiger partial charge in [-0.1, -0.05) is 11.6 Å². The van der Waals surface area contributed by atoms with Crippen molar-refractivity contribution in [1.29, 1.82) is 0 Å². The van der Waals surface area contributed by atoms with Crippen molar-refractivity contribution in [2.75, 3.05) is 5.75 Å². The zero-order valence-electron chi connectivity index (χ0n) is 8.96. The van der Waals surface area contributed by atoms with Gasteiger partial charge in [0, 0.05) is 10.6 Å². The van der Waals surface area contributed by atoms with Crippen molar-refractivity contribution >= 4 is 29.3 Å². The molecule has 88 valence electrons. The molecule has 0 saturated heterocycles. The number of rotatable bonds is 4. The Morgan fingerprint density at radius 3 is 2.69 bits per heavy atom. The topological polar surface area (TPSA) is 37.3 Å². The highest BCUT2D eigenvalue weighted by Gasteiger charge is 2.27. The second-order valence-corrected chi connectivity index (χ2v) is 5.51. The van der Waals surface area contributed by atoms with E-state index in [2.05, 4.69) is 0 Å². The molecule has 1 aromatic carbocycles. The lowest BCUT2D eigenvalue weighted by atomic mass is 9.97. The average Bonchev–Trinajstić information content (AvgIpc) is 2.20. The minimum Gasteiger partial charge on any atom is -0.481 e. The lowest BCUT2D eigenvalue weighted by molar-refractivity contribution is -0.145. The summed E-state index contributed by atoms with van der Waals surface area (Å²) in [5, 5.41) is 8.97. The predicted octanol–water partition coefficient (Wildman–Crippen LogP) is 3.68. The lowest BCUT2D eigenvalue weighted by Crippen LogP contribution is -2.26. The molecule has 5 heteroatoms. The van der Waals surface area contributed by atoms with Gasteiger partial charge in [0.2, 0.25) is 0 Å². The van der Waals surface area contributed by atoms with Gasteiger partial charge in [-0.05, 0) is 32.0 Å². The third kappa shape index (κ3) is 3.39. The molecule has 2 nitrogen and oxygen atoms in total. The molecule has 0 unspecified atom stereocenters. The van der Waals surface area contributed by atoms with Crippen LogP contribution in [0.4, 0.5) is 4.39 Å². The third-order valence-electron chi connectivity index (χ3n) is 2.07. The van der Waals surface area contributed by atoms with E-state index in [1.807, 2.05) is 0 Å². The molecule has 1 aromatic rings. The summed E-state index contributed by atoms with van der Waals surface area (Å²) in [5.74, 6) is -0.915. The first-order chi connectivity index (χ1) is 7.33. The number of hydrogen-bond acceptors (Lipinski definition) is 2. The monoisotopic (exact) mass is 262 g/mol. The fraction of sp³-hybridized carbons (Fsp3) is 0.364. The van der Waals surface area contributed by atoms with Gasteiger partial charge in [-0.15, -0.1) is 11.8 Å². The maximum absolute atomic E-state index is 12.9. The molecule has 0 aliphatic rings. The Bertz CT molecular complexity index is 407. The van der Waals surface area contributed by atoms with Crippen molar-refractivity contribution in [3.63, 3.8) is 0 Å². The number of thioether (sulfide) groups is 1. The number of carbonyl (C=O) groups is 1. The van der Waals surface area contributed by atoms with E-state index in [-0.39, 0.29) is 5.02 Å². The van der Waals surface area contributed by atoms with Gasteiger partial charge in [0.05, 0.1) is 10.4 Å². The van der Waals surface area contributed by atoms with Crippen LogP contribution in [0.2, 0.25) is 5.02 Å². The van der Waals surface area contributed by atoms with Gasteiger partial charge in [0.1, 0.15) is 5.82 Å². The summed E-state index contributed by atoms with van der Waals surface area (Å²) in [6.45, 7) is 3.29. The van der Waals surface area contributed by atoms with Gasteiger partial charge in [-0.3, -0.25) is 4.79 Å². The third-order valence-corrected chi connectivity index (χ3v) is 3.81. The van der Waals surface area contributed by atoms with Crippen LogP contribution in [-0.4, -0.2) is 16.8 Å². The fourth-order valence-electron chi connectivity index (χ4n) is 0.892. The second-order valence-electron chi connectivity index (χ2n) is 4.05. The molecule has 0 aliphatic carbocycles. The molecule has 16 heavy (non-hydrogen) atoms. The van der Waals surface area contributed by atoms with Crippen molar-refractivity contribution in [3.05, 3.63) is 29.0 Å². The molecule has 0 saturated carbocycles. The lowest BCUT2D eigenvalue weighted by Gasteiger charge is -2.18. The molecule has 0 atom stereocenters. The molecule has 0 fully saturated rings. The van der Waals surface area contributed by atoms with Gasteiger partial charge in [-0.25, -0.2) is 4.39 Å². The smallest absolute Gasteiger partial charge is 0.309 e. The van der Waals surface area contributed by atoms with Gasteiger partial charge >= 0.3 is 5.97 Å². The fourth-order valence-corrected chi connectivity index (χ4v) is 2.15. The van der Waals surface area contributed by atoms with Crippen LogP contribution in [0.3, 0.4) is 0 Å². The summed E-state index contributed by atoms with van der Waals surface area (Å²) in [6, 6.07) is 4.36. The number of halogens is 2. The van der Waals surface area contributed by atoms with Crippen LogP contribution in [0.25, 0.3) is 0 Å². The summed E-state index contributed by atoms with van der Waals surface area (Å²) in [5.41, 5.74) is -0.814. The molecule has 0 heterocycles. The minimum absolute atomic E-state index is 0.0538. The molecular formula is C11H12ClFO2S. The Hall–Kier alpha value is -0.740. The maximum atomic E-state index is 12.9. The first-order valence-corrected chi connectivity index (χ1v) is 6.00. The molecule has 0 amide bonds. The average molecular weight is 263 g/mol. The van der Waals surface area contributed by atoms with E-state index in [0.717, 1.165) is 4.90 Å². The molecule has 0 radical (unpaired) electrons. The highest BCUT2D eigenvalue weighted by molar-refractivity contribution is 7.99. The summed E-state index contributed by atoms with van der Waals surface area (Å²) in [6.07, 6.45) is 0. The Labute approximate surface area is 103 Å². The predicted molar refractivity (Wildman–Crippen MR) is 63.6 cm³/mol. The van der Waals surface area contributed by atoms with Crippen LogP contribution >= 0.6 is 23.4 Å². The quantitative estimate of drug-likeness (QED) is 0.841. The van der Waals surface area contributed by atoms with Crippen molar-refractivity contribution in [2.45, 2.75) is 18.7 Å². The first-order valence-electron chi connectivity index (χ1n) is 4.64. The Morgan fingerprint density at radius 2 is 2.19 bits per heavy atom. The molecule has 0 spiro atoms. The molecule has 0 bridgehead atoms. The number of carboxylic acids is 1. The molecule has 1 N–H and O–H groups in total. The summed E-state index contributed by atoms with van der Waals surface area (Å²) in [7, 11) is 0. The van der Waals surface area contributed by atoms with Crippen molar-refractivity contribution in [2.24, 2.45) is 5.41 Å². The van der Waals surface area contributed by atoms with E-state index in [0.29, 0.717) is 5.75 Å². The summed E-state index contributed by atoms with van der Waals surface area (Å²) < 4.78 is 12.9. The molecule has 0 aliphatic heterocycles. The van der Waals surface area contributed by atoms with Crippen molar-refractivity contribution in [1.82, 2.24) is 0 Å². The molecular weight excluding hydrogens is 251 g/mol. The van der Waals surface area contributed by atoms with E-state index in [1.165, 1.54) is 23.9 Å². The van der Waals surface area contributed by atoms with Crippen molar-refractivity contribution in [3.8, 4) is 0 Å². The van der Waals surface area contributed by atoms with E-state index in [9.17, 15) is 9.18 Å². The Balaban J connectivity index is 2.68. The number of benzene rings is 1. The Kier molecular flexibility index (Phi) is 4.21. The number of aliphatic carboxylic acids is 1. The Morgan fingerprint density at radius 1 is 1.56 bits per heavy atom. The standard InChI is InChI=1S/C11H12ClFO2S/c1-11(2,10(14)15)6-16-7-3-4-9(13)8(12)5-7/h3-5H,6H2,1-2H3,(H,14,15). The second kappa shape index (κ2) is 5.06. The SMILES string of the molecule is CC(C)(CSc1ccc(F)c(Cl)c1)C(=O)O. The normalized spacial score (nSPS) is 11.5. The van der Waals surface area contributed by atoms with E-state index < -0.39 is 17.2 Å². The number of hydrogen-bond donors (Lipinski definition) is 1. The zero-order chi connectivity index (χ0) is 12.3. The zero-order valence-corrected chi connectivity index (χ0v) is 10.5. The van der Waals surface area contributed by atoms with Gasteiger partial charge in [0.25, 0.3) is 0 Å². The molecule has 0 aromatic heterocycles. The van der Waals surface area contributed by atoms with Crippen LogP contribution in [0.15, 0.2) is 23.1 Å². The van der Waals surface area contributed by atoms with E-state index in [1.54, 1.807) is 19.9 Å².